The molecule has 1 heterocycles. The van der Waals surface area contributed by atoms with E-state index in [1.165, 1.54) is 32.1 Å². The Hall–Kier alpha value is -0.570. The molecule has 0 bridgehead atoms. The van der Waals surface area contributed by atoms with E-state index in [0.717, 1.165) is 12.3 Å². The number of rotatable bonds is 2. The lowest BCUT2D eigenvalue weighted by atomic mass is 9.79. The smallest absolute Gasteiger partial charge is 0.306 e. The zero-order chi connectivity index (χ0) is 10.7. The second kappa shape index (κ2) is 4.97. The van der Waals surface area contributed by atoms with E-state index in [2.05, 4.69) is 0 Å². The fourth-order valence-electron chi connectivity index (χ4n) is 2.83. The standard InChI is InChI=1S/C12H21NO2/c13-11-3-1-9(2-4-11)7-10-5-6-15-12(14)8-10/h9-11H,1-8,13H2. The molecule has 1 atom stereocenters. The molecule has 86 valence electrons. The molecular formula is C12H21NO2. The van der Waals surface area contributed by atoms with Crippen LogP contribution in [0.2, 0.25) is 0 Å². The van der Waals surface area contributed by atoms with Crippen molar-refractivity contribution in [2.75, 3.05) is 6.61 Å². The molecule has 2 rings (SSSR count). The summed E-state index contributed by atoms with van der Waals surface area (Å²) in [6.45, 7) is 0.635. The molecule has 2 N–H and O–H groups in total. The summed E-state index contributed by atoms with van der Waals surface area (Å²) in [4.78, 5) is 11.1. The normalized spacial score (nSPS) is 37.4. The summed E-state index contributed by atoms with van der Waals surface area (Å²) in [7, 11) is 0. The van der Waals surface area contributed by atoms with Gasteiger partial charge in [-0.3, -0.25) is 4.79 Å². The van der Waals surface area contributed by atoms with E-state index in [9.17, 15) is 4.79 Å². The number of carbonyl (C=O) groups is 1. The van der Waals surface area contributed by atoms with Gasteiger partial charge in [0.05, 0.1) is 6.61 Å². The van der Waals surface area contributed by atoms with Gasteiger partial charge >= 0.3 is 5.97 Å². The number of ether oxygens (including phenoxy) is 1. The van der Waals surface area contributed by atoms with Crippen LogP contribution < -0.4 is 5.73 Å². The van der Waals surface area contributed by atoms with Crippen molar-refractivity contribution in [3.63, 3.8) is 0 Å². The van der Waals surface area contributed by atoms with Gasteiger partial charge in [-0.15, -0.1) is 0 Å². The summed E-state index contributed by atoms with van der Waals surface area (Å²) in [5, 5.41) is 0. The van der Waals surface area contributed by atoms with E-state index in [0.29, 0.717) is 25.0 Å². The highest BCUT2D eigenvalue weighted by Gasteiger charge is 2.26. The molecule has 1 aliphatic carbocycles. The summed E-state index contributed by atoms with van der Waals surface area (Å²) >= 11 is 0. The highest BCUT2D eigenvalue weighted by molar-refractivity contribution is 5.70. The van der Waals surface area contributed by atoms with Crippen LogP contribution in [0, 0.1) is 11.8 Å². The molecule has 3 nitrogen and oxygen atoms in total. The quantitative estimate of drug-likeness (QED) is 0.709. The van der Waals surface area contributed by atoms with Crippen molar-refractivity contribution in [3.8, 4) is 0 Å². The van der Waals surface area contributed by atoms with Gasteiger partial charge in [0.25, 0.3) is 0 Å². The molecule has 1 unspecified atom stereocenters. The van der Waals surface area contributed by atoms with E-state index < -0.39 is 0 Å². The highest BCUT2D eigenvalue weighted by Crippen LogP contribution is 2.32. The number of nitrogens with two attached hydrogens (primary N) is 1. The molecule has 0 aromatic carbocycles. The lowest BCUT2D eigenvalue weighted by molar-refractivity contribution is -0.149. The fraction of sp³-hybridized carbons (Fsp3) is 0.917. The lowest BCUT2D eigenvalue weighted by Crippen LogP contribution is -2.29. The zero-order valence-electron chi connectivity index (χ0n) is 9.28. The summed E-state index contributed by atoms with van der Waals surface area (Å²) in [5.41, 5.74) is 5.88. The third-order valence-corrected chi connectivity index (χ3v) is 3.80. The van der Waals surface area contributed by atoms with E-state index in [1.807, 2.05) is 0 Å². The lowest BCUT2D eigenvalue weighted by Gasteiger charge is -2.30. The van der Waals surface area contributed by atoms with Gasteiger partial charge in [-0.1, -0.05) is 0 Å². The second-order valence-corrected chi connectivity index (χ2v) is 5.10. The third kappa shape index (κ3) is 3.20. The molecular weight excluding hydrogens is 190 g/mol. The molecule has 1 saturated heterocycles. The molecule has 2 aliphatic rings. The number of carbonyl (C=O) groups excluding carboxylic acids is 1. The molecule has 0 spiro atoms. The van der Waals surface area contributed by atoms with Crippen LogP contribution in [0.4, 0.5) is 0 Å². The first kappa shape index (κ1) is 10.9. The summed E-state index contributed by atoms with van der Waals surface area (Å²) < 4.78 is 4.96. The van der Waals surface area contributed by atoms with Crippen LogP contribution in [0.1, 0.15) is 44.9 Å². The average Bonchev–Trinajstić information content (AvgIpc) is 2.22. The number of esters is 1. The summed E-state index contributed by atoms with van der Waals surface area (Å²) in [6, 6.07) is 0.428. The Morgan fingerprint density at radius 1 is 1.13 bits per heavy atom. The largest absolute Gasteiger partial charge is 0.466 e. The molecule has 15 heavy (non-hydrogen) atoms. The van der Waals surface area contributed by atoms with Crippen molar-refractivity contribution in [1.29, 1.82) is 0 Å². The Kier molecular flexibility index (Phi) is 3.62. The van der Waals surface area contributed by atoms with Crippen LogP contribution in [0.5, 0.6) is 0 Å². The van der Waals surface area contributed by atoms with E-state index in [1.54, 1.807) is 0 Å². The van der Waals surface area contributed by atoms with Crippen molar-refractivity contribution in [2.45, 2.75) is 51.0 Å². The maximum atomic E-state index is 11.1. The highest BCUT2D eigenvalue weighted by atomic mass is 16.5. The van der Waals surface area contributed by atoms with Gasteiger partial charge in [-0.2, -0.15) is 0 Å². The first-order chi connectivity index (χ1) is 7.24. The average molecular weight is 211 g/mol. The van der Waals surface area contributed by atoms with Crippen LogP contribution in [0.25, 0.3) is 0 Å². The van der Waals surface area contributed by atoms with Crippen molar-refractivity contribution in [2.24, 2.45) is 17.6 Å². The predicted octanol–water partition coefficient (Wildman–Crippen LogP) is 1.85. The van der Waals surface area contributed by atoms with Gasteiger partial charge in [0.2, 0.25) is 0 Å². The van der Waals surface area contributed by atoms with E-state index in [-0.39, 0.29) is 5.97 Å². The molecule has 1 saturated carbocycles. The maximum absolute atomic E-state index is 11.1. The molecule has 3 heteroatoms. The maximum Gasteiger partial charge on any atom is 0.306 e. The number of hydrogen-bond donors (Lipinski definition) is 1. The number of hydrogen-bond acceptors (Lipinski definition) is 3. The monoisotopic (exact) mass is 211 g/mol. The van der Waals surface area contributed by atoms with E-state index in [4.69, 9.17) is 10.5 Å². The van der Waals surface area contributed by atoms with Gasteiger partial charge in [-0.05, 0) is 50.4 Å². The summed E-state index contributed by atoms with van der Waals surface area (Å²) in [6.07, 6.45) is 7.77. The van der Waals surface area contributed by atoms with Crippen molar-refractivity contribution >= 4 is 5.97 Å². The van der Waals surface area contributed by atoms with Crippen LogP contribution in [-0.2, 0) is 9.53 Å². The molecule has 0 aromatic heterocycles. The second-order valence-electron chi connectivity index (χ2n) is 5.10. The molecule has 2 fully saturated rings. The minimum absolute atomic E-state index is 0.00115. The zero-order valence-corrected chi connectivity index (χ0v) is 9.28. The van der Waals surface area contributed by atoms with Gasteiger partial charge in [0, 0.05) is 12.5 Å². The Bertz CT molecular complexity index is 222. The Balaban J connectivity index is 1.74. The Morgan fingerprint density at radius 2 is 1.87 bits per heavy atom. The van der Waals surface area contributed by atoms with Gasteiger partial charge < -0.3 is 10.5 Å². The minimum atomic E-state index is -0.00115. The first-order valence-electron chi connectivity index (χ1n) is 6.15. The fourth-order valence-corrected chi connectivity index (χ4v) is 2.83. The number of cyclic esters (lactones) is 1. The molecule has 0 aromatic rings. The van der Waals surface area contributed by atoms with Crippen molar-refractivity contribution in [1.82, 2.24) is 0 Å². The topological polar surface area (TPSA) is 52.3 Å². The van der Waals surface area contributed by atoms with E-state index >= 15 is 0 Å². The molecule has 1 aliphatic heterocycles. The third-order valence-electron chi connectivity index (χ3n) is 3.80. The van der Waals surface area contributed by atoms with Gasteiger partial charge in [0.1, 0.15) is 0 Å². The minimum Gasteiger partial charge on any atom is -0.466 e. The van der Waals surface area contributed by atoms with Crippen molar-refractivity contribution in [3.05, 3.63) is 0 Å². The summed E-state index contributed by atoms with van der Waals surface area (Å²) in [5.74, 6) is 1.38. The molecule has 0 amide bonds. The van der Waals surface area contributed by atoms with Crippen LogP contribution in [0.15, 0.2) is 0 Å². The predicted molar refractivity (Wildman–Crippen MR) is 58.2 cm³/mol. The van der Waals surface area contributed by atoms with Crippen LogP contribution >= 0.6 is 0 Å². The Labute approximate surface area is 91.4 Å². The first-order valence-corrected chi connectivity index (χ1v) is 6.15. The van der Waals surface area contributed by atoms with Crippen LogP contribution in [-0.4, -0.2) is 18.6 Å². The SMILES string of the molecule is NC1CCC(CC2CCOC(=O)C2)CC1. The van der Waals surface area contributed by atoms with Gasteiger partial charge in [-0.25, -0.2) is 0 Å². The van der Waals surface area contributed by atoms with Crippen molar-refractivity contribution < 1.29 is 9.53 Å². The molecule has 0 radical (unpaired) electrons. The Morgan fingerprint density at radius 3 is 2.53 bits per heavy atom. The van der Waals surface area contributed by atoms with Gasteiger partial charge in [0.15, 0.2) is 0 Å². The van der Waals surface area contributed by atoms with Crippen LogP contribution in [0.3, 0.4) is 0 Å².